The Labute approximate surface area is 83.6 Å². The number of rotatable bonds is 4. The van der Waals surface area contributed by atoms with E-state index in [0.717, 1.165) is 11.3 Å². The summed E-state index contributed by atoms with van der Waals surface area (Å²) >= 11 is 0. The Morgan fingerprint density at radius 2 is 2.36 bits per heavy atom. The van der Waals surface area contributed by atoms with Crippen LogP contribution in [0.1, 0.15) is 5.56 Å². The summed E-state index contributed by atoms with van der Waals surface area (Å²) in [5.74, 6) is 0.444. The van der Waals surface area contributed by atoms with Crippen LogP contribution in [0.5, 0.6) is 5.75 Å². The van der Waals surface area contributed by atoms with E-state index in [4.69, 9.17) is 15.1 Å². The SMILES string of the molecule is COc1cccc(CC(C#N)CO)c1. The number of methoxy groups -OCH3 is 1. The first-order valence-corrected chi connectivity index (χ1v) is 4.43. The second-order valence-corrected chi connectivity index (χ2v) is 3.06. The molecule has 0 aliphatic carbocycles. The summed E-state index contributed by atoms with van der Waals surface area (Å²) in [4.78, 5) is 0. The number of nitriles is 1. The monoisotopic (exact) mass is 191 g/mol. The molecule has 3 heteroatoms. The van der Waals surface area contributed by atoms with Gasteiger partial charge in [0.2, 0.25) is 0 Å². The van der Waals surface area contributed by atoms with E-state index >= 15 is 0 Å². The number of aliphatic hydroxyl groups excluding tert-OH is 1. The Bertz CT molecular complexity index is 330. The maximum absolute atomic E-state index is 8.86. The second kappa shape index (κ2) is 5.25. The molecule has 0 radical (unpaired) electrons. The molecule has 1 aromatic carbocycles. The van der Waals surface area contributed by atoms with Gasteiger partial charge in [-0.2, -0.15) is 5.26 Å². The van der Waals surface area contributed by atoms with Crippen LogP contribution in [-0.2, 0) is 6.42 Å². The van der Waals surface area contributed by atoms with Crippen LogP contribution < -0.4 is 4.74 Å². The predicted octanol–water partition coefficient (Wildman–Crippen LogP) is 1.37. The van der Waals surface area contributed by atoms with E-state index in [1.54, 1.807) is 7.11 Å². The topological polar surface area (TPSA) is 53.2 Å². The fourth-order valence-corrected chi connectivity index (χ4v) is 1.23. The van der Waals surface area contributed by atoms with Gasteiger partial charge in [0.1, 0.15) is 5.75 Å². The maximum Gasteiger partial charge on any atom is 0.119 e. The highest BCUT2D eigenvalue weighted by Crippen LogP contribution is 2.15. The Morgan fingerprint density at radius 3 is 2.93 bits per heavy atom. The molecule has 0 aliphatic rings. The highest BCUT2D eigenvalue weighted by Gasteiger charge is 2.07. The third-order valence-corrected chi connectivity index (χ3v) is 2.02. The van der Waals surface area contributed by atoms with Crippen molar-refractivity contribution in [3.63, 3.8) is 0 Å². The summed E-state index contributed by atoms with van der Waals surface area (Å²) in [6, 6.07) is 9.57. The molecule has 1 aromatic rings. The number of nitrogens with zero attached hydrogens (tertiary/aromatic N) is 1. The van der Waals surface area contributed by atoms with E-state index in [1.807, 2.05) is 30.3 Å². The fraction of sp³-hybridized carbons (Fsp3) is 0.364. The van der Waals surface area contributed by atoms with Gasteiger partial charge in [0.25, 0.3) is 0 Å². The van der Waals surface area contributed by atoms with Crippen LogP contribution >= 0.6 is 0 Å². The minimum Gasteiger partial charge on any atom is -0.497 e. The van der Waals surface area contributed by atoms with Crippen molar-refractivity contribution >= 4 is 0 Å². The summed E-state index contributed by atoms with van der Waals surface area (Å²) in [5.41, 5.74) is 1.00. The zero-order valence-electron chi connectivity index (χ0n) is 8.10. The number of benzene rings is 1. The van der Waals surface area contributed by atoms with Gasteiger partial charge in [0, 0.05) is 0 Å². The van der Waals surface area contributed by atoms with Gasteiger partial charge in [-0.05, 0) is 24.1 Å². The molecule has 0 amide bonds. The minimum atomic E-state index is -0.331. The van der Waals surface area contributed by atoms with Crippen LogP contribution in [-0.4, -0.2) is 18.8 Å². The quantitative estimate of drug-likeness (QED) is 0.782. The molecule has 14 heavy (non-hydrogen) atoms. The smallest absolute Gasteiger partial charge is 0.119 e. The molecule has 3 nitrogen and oxygen atoms in total. The van der Waals surface area contributed by atoms with Crippen LogP contribution in [0.15, 0.2) is 24.3 Å². The molecule has 0 bridgehead atoms. The van der Waals surface area contributed by atoms with E-state index in [9.17, 15) is 0 Å². The van der Waals surface area contributed by atoms with Gasteiger partial charge in [-0.25, -0.2) is 0 Å². The van der Waals surface area contributed by atoms with Gasteiger partial charge in [-0.15, -0.1) is 0 Å². The van der Waals surface area contributed by atoms with Crippen LogP contribution in [0.4, 0.5) is 0 Å². The van der Waals surface area contributed by atoms with Gasteiger partial charge in [-0.1, -0.05) is 12.1 Å². The number of hydrogen-bond donors (Lipinski definition) is 1. The van der Waals surface area contributed by atoms with Crippen molar-refractivity contribution in [3.05, 3.63) is 29.8 Å². The first kappa shape index (κ1) is 10.6. The molecule has 0 aromatic heterocycles. The first-order chi connectivity index (χ1) is 6.80. The molecule has 0 fully saturated rings. The van der Waals surface area contributed by atoms with Gasteiger partial charge in [0.15, 0.2) is 0 Å². The molecule has 1 N–H and O–H groups in total. The molecule has 0 heterocycles. The van der Waals surface area contributed by atoms with Crippen molar-refractivity contribution in [2.75, 3.05) is 13.7 Å². The van der Waals surface area contributed by atoms with Gasteiger partial charge in [-0.3, -0.25) is 0 Å². The summed E-state index contributed by atoms with van der Waals surface area (Å²) in [6.07, 6.45) is 0.560. The Balaban J connectivity index is 2.71. The summed E-state index contributed by atoms with van der Waals surface area (Å²) in [6.45, 7) is -0.103. The van der Waals surface area contributed by atoms with E-state index in [-0.39, 0.29) is 12.5 Å². The maximum atomic E-state index is 8.86. The average Bonchev–Trinajstić information content (AvgIpc) is 2.26. The molecule has 74 valence electrons. The number of hydrogen-bond acceptors (Lipinski definition) is 3. The molecule has 0 aliphatic heterocycles. The lowest BCUT2D eigenvalue weighted by atomic mass is 10.0. The summed E-state index contributed by atoms with van der Waals surface area (Å²) < 4.78 is 5.06. The Kier molecular flexibility index (Phi) is 3.96. The second-order valence-electron chi connectivity index (χ2n) is 3.06. The third kappa shape index (κ3) is 2.75. The minimum absolute atomic E-state index is 0.103. The van der Waals surface area contributed by atoms with Crippen molar-refractivity contribution in [2.45, 2.75) is 6.42 Å². The molecular formula is C11H13NO2. The number of aliphatic hydroxyl groups is 1. The number of ether oxygens (including phenoxy) is 1. The largest absolute Gasteiger partial charge is 0.497 e. The molecule has 1 unspecified atom stereocenters. The van der Waals surface area contributed by atoms with Gasteiger partial charge in [0.05, 0.1) is 25.7 Å². The molecule has 0 spiro atoms. The van der Waals surface area contributed by atoms with Crippen molar-refractivity contribution in [2.24, 2.45) is 5.92 Å². The summed E-state index contributed by atoms with van der Waals surface area (Å²) in [7, 11) is 1.60. The van der Waals surface area contributed by atoms with Crippen LogP contribution in [0, 0.1) is 17.2 Å². The zero-order chi connectivity index (χ0) is 10.4. The molecular weight excluding hydrogens is 178 g/mol. The lowest BCUT2D eigenvalue weighted by molar-refractivity contribution is 0.255. The lowest BCUT2D eigenvalue weighted by Crippen LogP contribution is -2.06. The highest BCUT2D eigenvalue weighted by molar-refractivity contribution is 5.29. The zero-order valence-corrected chi connectivity index (χ0v) is 8.10. The highest BCUT2D eigenvalue weighted by atomic mass is 16.5. The molecule has 0 saturated carbocycles. The normalized spacial score (nSPS) is 11.8. The predicted molar refractivity (Wildman–Crippen MR) is 52.9 cm³/mol. The van der Waals surface area contributed by atoms with E-state index in [2.05, 4.69) is 0 Å². The Hall–Kier alpha value is -1.53. The van der Waals surface area contributed by atoms with Crippen LogP contribution in [0.25, 0.3) is 0 Å². The lowest BCUT2D eigenvalue weighted by Gasteiger charge is -2.06. The average molecular weight is 191 g/mol. The van der Waals surface area contributed by atoms with Crippen molar-refractivity contribution in [1.82, 2.24) is 0 Å². The third-order valence-electron chi connectivity index (χ3n) is 2.02. The van der Waals surface area contributed by atoms with E-state index < -0.39 is 0 Å². The van der Waals surface area contributed by atoms with Crippen molar-refractivity contribution in [3.8, 4) is 11.8 Å². The van der Waals surface area contributed by atoms with Crippen LogP contribution in [0.3, 0.4) is 0 Å². The van der Waals surface area contributed by atoms with Crippen molar-refractivity contribution in [1.29, 1.82) is 5.26 Å². The Morgan fingerprint density at radius 1 is 1.57 bits per heavy atom. The van der Waals surface area contributed by atoms with Crippen molar-refractivity contribution < 1.29 is 9.84 Å². The molecule has 1 atom stereocenters. The summed E-state index contributed by atoms with van der Waals surface area (Å²) in [5, 5.41) is 17.5. The standard InChI is InChI=1S/C11H13NO2/c1-14-11-4-2-3-9(6-11)5-10(7-12)8-13/h2-4,6,10,13H,5,8H2,1H3. The molecule has 1 rings (SSSR count). The van der Waals surface area contributed by atoms with E-state index in [0.29, 0.717) is 6.42 Å². The fourth-order valence-electron chi connectivity index (χ4n) is 1.23. The molecule has 0 saturated heterocycles. The van der Waals surface area contributed by atoms with Crippen LogP contribution in [0.2, 0.25) is 0 Å². The van der Waals surface area contributed by atoms with Gasteiger partial charge >= 0.3 is 0 Å². The van der Waals surface area contributed by atoms with E-state index in [1.165, 1.54) is 0 Å². The first-order valence-electron chi connectivity index (χ1n) is 4.43. The van der Waals surface area contributed by atoms with Gasteiger partial charge < -0.3 is 9.84 Å².